The zero-order chi connectivity index (χ0) is 19.2. The second-order valence-corrected chi connectivity index (χ2v) is 8.91. The van der Waals surface area contributed by atoms with E-state index in [0.29, 0.717) is 24.4 Å². The number of benzene rings is 2. The number of nitrogens with one attached hydrogen (secondary N) is 1. The molecule has 6 heteroatoms. The van der Waals surface area contributed by atoms with Crippen molar-refractivity contribution in [3.05, 3.63) is 71.2 Å². The largest absolute Gasteiger partial charge is 0.361 e. The van der Waals surface area contributed by atoms with Crippen LogP contribution in [0.15, 0.2) is 53.6 Å². The topological polar surface area (TPSA) is 53.2 Å². The van der Waals surface area contributed by atoms with Gasteiger partial charge in [0.05, 0.1) is 4.90 Å². The number of hydrogen-bond donors (Lipinski definition) is 1. The minimum absolute atomic E-state index is 0.279. The molecule has 0 bridgehead atoms. The molecular formula is C21H21FN2O2S. The Morgan fingerprint density at radius 3 is 2.63 bits per heavy atom. The van der Waals surface area contributed by atoms with Crippen LogP contribution in [0.4, 0.5) is 4.39 Å². The maximum atomic E-state index is 13.6. The summed E-state index contributed by atoms with van der Waals surface area (Å²) in [5, 5.41) is 0.826. The molecule has 4 rings (SSSR count). The van der Waals surface area contributed by atoms with Gasteiger partial charge in [-0.2, -0.15) is 4.31 Å². The Kier molecular flexibility index (Phi) is 4.40. The molecule has 0 amide bonds. The zero-order valence-corrected chi connectivity index (χ0v) is 16.1. The third-order valence-corrected chi connectivity index (χ3v) is 7.14. The fourth-order valence-corrected chi connectivity index (χ4v) is 5.29. The van der Waals surface area contributed by atoms with Crippen LogP contribution in [0, 0.1) is 19.7 Å². The van der Waals surface area contributed by atoms with Crippen molar-refractivity contribution in [3.8, 4) is 0 Å². The summed E-state index contributed by atoms with van der Waals surface area (Å²) in [7, 11) is -3.53. The first-order chi connectivity index (χ1) is 12.9. The van der Waals surface area contributed by atoms with Gasteiger partial charge in [0, 0.05) is 35.8 Å². The third kappa shape index (κ3) is 3.19. The van der Waals surface area contributed by atoms with Gasteiger partial charge in [0.15, 0.2) is 0 Å². The third-order valence-electron chi connectivity index (χ3n) is 5.11. The van der Waals surface area contributed by atoms with Crippen molar-refractivity contribution in [2.75, 3.05) is 13.1 Å². The summed E-state index contributed by atoms with van der Waals surface area (Å²) in [5.41, 5.74) is 4.65. The summed E-state index contributed by atoms with van der Waals surface area (Å²) < 4.78 is 41.1. The molecular weight excluding hydrogens is 363 g/mol. The minimum atomic E-state index is -3.53. The van der Waals surface area contributed by atoms with E-state index >= 15 is 0 Å². The fourth-order valence-electron chi connectivity index (χ4n) is 3.70. The van der Waals surface area contributed by atoms with E-state index in [4.69, 9.17) is 0 Å². The van der Waals surface area contributed by atoms with Crippen LogP contribution in [-0.4, -0.2) is 30.8 Å². The number of aryl methyl sites for hydroxylation is 2. The molecule has 1 aliphatic rings. The van der Waals surface area contributed by atoms with Crippen LogP contribution in [0.1, 0.15) is 23.1 Å². The van der Waals surface area contributed by atoms with Crippen LogP contribution in [-0.2, 0) is 10.0 Å². The summed E-state index contributed by atoms with van der Waals surface area (Å²) in [4.78, 5) is 3.51. The molecule has 27 heavy (non-hydrogen) atoms. The Hall–Kier alpha value is -2.44. The first-order valence-electron chi connectivity index (χ1n) is 8.90. The highest BCUT2D eigenvalue weighted by Crippen LogP contribution is 2.31. The van der Waals surface area contributed by atoms with E-state index in [1.165, 1.54) is 16.4 Å². The maximum Gasteiger partial charge on any atom is 0.243 e. The summed E-state index contributed by atoms with van der Waals surface area (Å²) in [6, 6.07) is 10.1. The Morgan fingerprint density at radius 1 is 1.11 bits per heavy atom. The average Bonchev–Trinajstić information content (AvgIpc) is 3.04. The van der Waals surface area contributed by atoms with E-state index in [0.717, 1.165) is 33.2 Å². The molecule has 140 valence electrons. The Bertz CT molecular complexity index is 1160. The Morgan fingerprint density at radius 2 is 1.93 bits per heavy atom. The van der Waals surface area contributed by atoms with E-state index in [-0.39, 0.29) is 5.82 Å². The fraction of sp³-hybridized carbons (Fsp3) is 0.238. The molecule has 0 spiro atoms. The Balaban J connectivity index is 1.63. The molecule has 2 aromatic carbocycles. The number of nitrogens with zero attached hydrogens (tertiary/aromatic N) is 1. The second-order valence-electron chi connectivity index (χ2n) is 7.00. The molecule has 0 aliphatic carbocycles. The number of halogens is 1. The van der Waals surface area contributed by atoms with Gasteiger partial charge >= 0.3 is 0 Å². The Labute approximate surface area is 158 Å². The number of aromatic amines is 1. The van der Waals surface area contributed by atoms with Crippen molar-refractivity contribution in [3.63, 3.8) is 0 Å². The van der Waals surface area contributed by atoms with Gasteiger partial charge in [-0.1, -0.05) is 23.8 Å². The number of aromatic nitrogens is 1. The van der Waals surface area contributed by atoms with Gasteiger partial charge in [-0.25, -0.2) is 12.8 Å². The van der Waals surface area contributed by atoms with E-state index in [9.17, 15) is 12.8 Å². The number of rotatable bonds is 3. The summed E-state index contributed by atoms with van der Waals surface area (Å²) in [5.74, 6) is -0.279. The lowest BCUT2D eigenvalue weighted by Gasteiger charge is -2.26. The summed E-state index contributed by atoms with van der Waals surface area (Å²) >= 11 is 0. The standard InChI is InChI=1S/C21H21FN2O2S/c1-14-3-6-21(15(2)11-14)27(25,26)24-9-7-16(8-10-24)19-13-23-20-5-4-17(22)12-18(19)20/h3-7,11-13,23H,8-10H2,1-2H3. The lowest BCUT2D eigenvalue weighted by molar-refractivity contribution is 0.441. The highest BCUT2D eigenvalue weighted by Gasteiger charge is 2.28. The van der Waals surface area contributed by atoms with E-state index in [2.05, 4.69) is 4.98 Å². The van der Waals surface area contributed by atoms with E-state index < -0.39 is 10.0 Å². The van der Waals surface area contributed by atoms with Crippen LogP contribution in [0.5, 0.6) is 0 Å². The molecule has 0 radical (unpaired) electrons. The normalized spacial score (nSPS) is 15.9. The molecule has 0 saturated heterocycles. The first kappa shape index (κ1) is 17.9. The molecule has 0 atom stereocenters. The molecule has 1 aliphatic heterocycles. The predicted molar refractivity (Wildman–Crippen MR) is 106 cm³/mol. The molecule has 2 heterocycles. The zero-order valence-electron chi connectivity index (χ0n) is 15.3. The van der Waals surface area contributed by atoms with Gasteiger partial charge in [0.1, 0.15) is 5.82 Å². The van der Waals surface area contributed by atoms with Crippen LogP contribution in [0.2, 0.25) is 0 Å². The lowest BCUT2D eigenvalue weighted by atomic mass is 10.00. The molecule has 0 unspecified atom stereocenters. The van der Waals surface area contributed by atoms with Crippen LogP contribution >= 0.6 is 0 Å². The number of fused-ring (bicyclic) bond motifs is 1. The van der Waals surface area contributed by atoms with Gasteiger partial charge in [-0.05, 0) is 55.7 Å². The van der Waals surface area contributed by atoms with Gasteiger partial charge in [0.2, 0.25) is 10.0 Å². The molecule has 3 aromatic rings. The molecule has 0 fully saturated rings. The van der Waals surface area contributed by atoms with Crippen molar-refractivity contribution in [1.82, 2.24) is 9.29 Å². The number of sulfonamides is 1. The van der Waals surface area contributed by atoms with E-state index in [1.807, 2.05) is 38.3 Å². The molecule has 0 saturated carbocycles. The van der Waals surface area contributed by atoms with Crippen molar-refractivity contribution >= 4 is 26.5 Å². The van der Waals surface area contributed by atoms with Crippen molar-refractivity contribution in [1.29, 1.82) is 0 Å². The smallest absolute Gasteiger partial charge is 0.243 e. The first-order valence-corrected chi connectivity index (χ1v) is 10.3. The predicted octanol–water partition coefficient (Wildman–Crippen LogP) is 4.40. The highest BCUT2D eigenvalue weighted by atomic mass is 32.2. The molecule has 1 aromatic heterocycles. The second kappa shape index (κ2) is 6.62. The lowest BCUT2D eigenvalue weighted by Crippen LogP contribution is -2.35. The molecule has 1 N–H and O–H groups in total. The minimum Gasteiger partial charge on any atom is -0.361 e. The van der Waals surface area contributed by atoms with Gasteiger partial charge in [0.25, 0.3) is 0 Å². The maximum absolute atomic E-state index is 13.6. The van der Waals surface area contributed by atoms with Crippen molar-refractivity contribution < 1.29 is 12.8 Å². The van der Waals surface area contributed by atoms with Crippen molar-refractivity contribution in [2.45, 2.75) is 25.2 Å². The van der Waals surface area contributed by atoms with Crippen molar-refractivity contribution in [2.24, 2.45) is 0 Å². The highest BCUT2D eigenvalue weighted by molar-refractivity contribution is 7.89. The SMILES string of the molecule is Cc1ccc(S(=O)(=O)N2CC=C(c3c[nH]c4ccc(F)cc34)CC2)c(C)c1. The van der Waals surface area contributed by atoms with Gasteiger partial charge < -0.3 is 4.98 Å². The average molecular weight is 384 g/mol. The number of H-pyrrole nitrogens is 1. The van der Waals surface area contributed by atoms with Crippen LogP contribution in [0.25, 0.3) is 16.5 Å². The van der Waals surface area contributed by atoms with E-state index in [1.54, 1.807) is 12.1 Å². The summed E-state index contributed by atoms with van der Waals surface area (Å²) in [6.45, 7) is 4.49. The van der Waals surface area contributed by atoms with Crippen LogP contribution in [0.3, 0.4) is 0 Å². The number of hydrogen-bond acceptors (Lipinski definition) is 2. The summed E-state index contributed by atoms with van der Waals surface area (Å²) in [6.07, 6.45) is 4.38. The monoisotopic (exact) mass is 384 g/mol. The quantitative estimate of drug-likeness (QED) is 0.728. The van der Waals surface area contributed by atoms with Gasteiger partial charge in [-0.15, -0.1) is 0 Å². The van der Waals surface area contributed by atoms with Gasteiger partial charge in [-0.3, -0.25) is 0 Å². The van der Waals surface area contributed by atoms with Crippen LogP contribution < -0.4 is 0 Å². The molecule has 4 nitrogen and oxygen atoms in total.